The summed E-state index contributed by atoms with van der Waals surface area (Å²) in [7, 11) is -3.91. The van der Waals surface area contributed by atoms with E-state index >= 15 is 0 Å². The maximum absolute atomic E-state index is 14.5. The van der Waals surface area contributed by atoms with E-state index in [-0.39, 0.29) is 32.8 Å². The third-order valence-electron chi connectivity index (χ3n) is 4.44. The van der Waals surface area contributed by atoms with Gasteiger partial charge in [-0.25, -0.2) is 22.3 Å². The van der Waals surface area contributed by atoms with Crippen molar-refractivity contribution in [3.05, 3.63) is 88.6 Å². The highest BCUT2D eigenvalue weighted by molar-refractivity contribution is 7.89. The third-order valence-corrected chi connectivity index (χ3v) is 5.37. The van der Waals surface area contributed by atoms with E-state index in [0.717, 1.165) is 12.1 Å². The molecule has 0 bridgehead atoms. The van der Waals surface area contributed by atoms with Gasteiger partial charge in [0.25, 0.3) is 0 Å². The fourth-order valence-corrected chi connectivity index (χ4v) is 3.59. The first-order valence-corrected chi connectivity index (χ1v) is 9.95. The largest absolute Gasteiger partial charge is 0.455 e. The van der Waals surface area contributed by atoms with Crippen molar-refractivity contribution in [1.82, 2.24) is 0 Å². The lowest BCUT2D eigenvalue weighted by Crippen LogP contribution is -2.12. The summed E-state index contributed by atoms with van der Waals surface area (Å²) in [6, 6.07) is 14.6. The number of benzene rings is 3. The molecular formula is C21H13F2NO4S. The van der Waals surface area contributed by atoms with Crippen molar-refractivity contribution in [1.29, 1.82) is 0 Å². The number of nitrogens with two attached hydrogens (primary N) is 1. The van der Waals surface area contributed by atoms with Crippen molar-refractivity contribution in [3.8, 4) is 22.5 Å². The Morgan fingerprint density at radius 3 is 2.24 bits per heavy atom. The van der Waals surface area contributed by atoms with Crippen LogP contribution in [0.5, 0.6) is 0 Å². The van der Waals surface area contributed by atoms with Crippen molar-refractivity contribution in [2.45, 2.75) is 4.90 Å². The van der Waals surface area contributed by atoms with E-state index in [2.05, 4.69) is 0 Å². The summed E-state index contributed by atoms with van der Waals surface area (Å²) in [6.45, 7) is 0. The van der Waals surface area contributed by atoms with Gasteiger partial charge in [-0.15, -0.1) is 0 Å². The number of sulfonamides is 1. The van der Waals surface area contributed by atoms with Crippen LogP contribution in [-0.2, 0) is 10.0 Å². The van der Waals surface area contributed by atoms with Gasteiger partial charge in [0.1, 0.15) is 23.0 Å². The van der Waals surface area contributed by atoms with Crippen LogP contribution in [0.15, 0.2) is 80.8 Å². The standard InChI is InChI=1S/C21H13F2NO4S/c22-13-7-10-15(17(23)11-13)19-20(25)16-3-1-2-4-18(16)28-21(19)12-5-8-14(9-6-12)29(24,26)27/h1-11H,(H2,24,26,27). The highest BCUT2D eigenvalue weighted by Crippen LogP contribution is 2.34. The van der Waals surface area contributed by atoms with E-state index < -0.39 is 27.1 Å². The van der Waals surface area contributed by atoms with Gasteiger partial charge in [-0.3, -0.25) is 4.79 Å². The smallest absolute Gasteiger partial charge is 0.238 e. The average Bonchev–Trinajstić information content (AvgIpc) is 2.68. The molecule has 29 heavy (non-hydrogen) atoms. The molecule has 1 heterocycles. The number of para-hydroxylation sites is 1. The highest BCUT2D eigenvalue weighted by Gasteiger charge is 2.21. The lowest BCUT2D eigenvalue weighted by molar-refractivity contribution is 0.583. The summed E-state index contributed by atoms with van der Waals surface area (Å²) < 4.78 is 56.8. The van der Waals surface area contributed by atoms with Crippen LogP contribution in [0, 0.1) is 11.6 Å². The second-order valence-corrected chi connectivity index (χ2v) is 7.89. The predicted octanol–water partition coefficient (Wildman–Crippen LogP) is 4.05. The normalized spacial score (nSPS) is 11.7. The van der Waals surface area contributed by atoms with E-state index in [1.165, 1.54) is 24.3 Å². The van der Waals surface area contributed by atoms with Crippen molar-refractivity contribution in [2.24, 2.45) is 5.14 Å². The van der Waals surface area contributed by atoms with E-state index in [1.54, 1.807) is 24.3 Å². The van der Waals surface area contributed by atoms with Crippen LogP contribution in [-0.4, -0.2) is 8.42 Å². The van der Waals surface area contributed by atoms with E-state index in [9.17, 15) is 22.0 Å². The van der Waals surface area contributed by atoms with Gasteiger partial charge < -0.3 is 4.42 Å². The number of hydrogen-bond acceptors (Lipinski definition) is 4. The topological polar surface area (TPSA) is 90.4 Å². The summed E-state index contributed by atoms with van der Waals surface area (Å²) in [5.74, 6) is -1.68. The van der Waals surface area contributed by atoms with Gasteiger partial charge in [-0.2, -0.15) is 0 Å². The summed E-state index contributed by atoms with van der Waals surface area (Å²) in [4.78, 5) is 13.0. The molecule has 0 radical (unpaired) electrons. The SMILES string of the molecule is NS(=O)(=O)c1ccc(-c2oc3ccccc3c(=O)c2-c2ccc(F)cc2F)cc1. The molecule has 0 saturated carbocycles. The molecule has 0 atom stereocenters. The van der Waals surface area contributed by atoms with Crippen molar-refractivity contribution in [2.75, 3.05) is 0 Å². The highest BCUT2D eigenvalue weighted by atomic mass is 32.2. The van der Waals surface area contributed by atoms with Gasteiger partial charge >= 0.3 is 0 Å². The minimum atomic E-state index is -3.91. The Hall–Kier alpha value is -3.36. The fraction of sp³-hybridized carbons (Fsp3) is 0. The van der Waals surface area contributed by atoms with Crippen LogP contribution in [0.4, 0.5) is 8.78 Å². The van der Waals surface area contributed by atoms with Crippen molar-refractivity contribution >= 4 is 21.0 Å². The van der Waals surface area contributed by atoms with E-state index in [4.69, 9.17) is 9.56 Å². The molecular weight excluding hydrogens is 400 g/mol. The Morgan fingerprint density at radius 2 is 1.59 bits per heavy atom. The van der Waals surface area contributed by atoms with E-state index in [1.807, 2.05) is 0 Å². The summed E-state index contributed by atoms with van der Waals surface area (Å²) >= 11 is 0. The molecule has 4 rings (SSSR count). The van der Waals surface area contributed by atoms with E-state index in [0.29, 0.717) is 11.6 Å². The first-order valence-electron chi connectivity index (χ1n) is 8.40. The number of hydrogen-bond donors (Lipinski definition) is 1. The average molecular weight is 413 g/mol. The van der Waals surface area contributed by atoms with Gasteiger partial charge in [0.05, 0.1) is 15.8 Å². The zero-order valence-corrected chi connectivity index (χ0v) is 15.5. The van der Waals surface area contributed by atoms with Gasteiger partial charge in [-0.05, 0) is 48.5 Å². The van der Waals surface area contributed by atoms with Crippen molar-refractivity contribution in [3.63, 3.8) is 0 Å². The van der Waals surface area contributed by atoms with Crippen LogP contribution >= 0.6 is 0 Å². The Labute approximate surface area is 164 Å². The number of halogens is 2. The molecule has 5 nitrogen and oxygen atoms in total. The Morgan fingerprint density at radius 1 is 0.897 bits per heavy atom. The fourth-order valence-electron chi connectivity index (χ4n) is 3.08. The zero-order valence-electron chi connectivity index (χ0n) is 14.7. The first kappa shape index (κ1) is 19.0. The molecule has 1 aromatic heterocycles. The van der Waals surface area contributed by atoms with Gasteiger partial charge in [0, 0.05) is 17.2 Å². The summed E-state index contributed by atoms with van der Waals surface area (Å²) in [5.41, 5.74) is -0.114. The van der Waals surface area contributed by atoms with Gasteiger partial charge in [0.15, 0.2) is 0 Å². The molecule has 0 fully saturated rings. The minimum Gasteiger partial charge on any atom is -0.455 e. The second-order valence-electron chi connectivity index (χ2n) is 6.33. The first-order chi connectivity index (χ1) is 13.8. The van der Waals surface area contributed by atoms with Crippen LogP contribution in [0.2, 0.25) is 0 Å². The monoisotopic (exact) mass is 413 g/mol. The minimum absolute atomic E-state index is 0.0279. The number of rotatable bonds is 3. The number of fused-ring (bicyclic) bond motifs is 1. The molecule has 0 aliphatic rings. The van der Waals surface area contributed by atoms with Crippen LogP contribution in [0.3, 0.4) is 0 Å². The molecule has 0 amide bonds. The lowest BCUT2D eigenvalue weighted by Gasteiger charge is -2.12. The maximum Gasteiger partial charge on any atom is 0.238 e. The molecule has 0 unspecified atom stereocenters. The maximum atomic E-state index is 14.5. The Balaban J connectivity index is 2.06. The van der Waals surface area contributed by atoms with Crippen molar-refractivity contribution < 1.29 is 21.6 Å². The third kappa shape index (κ3) is 3.43. The molecule has 0 spiro atoms. The quantitative estimate of drug-likeness (QED) is 0.549. The Kier molecular flexibility index (Phi) is 4.52. The molecule has 0 saturated heterocycles. The molecule has 146 valence electrons. The van der Waals surface area contributed by atoms with Crippen LogP contribution in [0.25, 0.3) is 33.4 Å². The molecule has 0 aliphatic carbocycles. The summed E-state index contributed by atoms with van der Waals surface area (Å²) in [5, 5.41) is 5.35. The second kappa shape index (κ2) is 6.91. The molecule has 3 aromatic carbocycles. The number of primary sulfonamides is 1. The van der Waals surface area contributed by atoms with Crippen LogP contribution in [0.1, 0.15) is 0 Å². The van der Waals surface area contributed by atoms with Crippen LogP contribution < -0.4 is 10.6 Å². The molecule has 0 aliphatic heterocycles. The predicted molar refractivity (Wildman–Crippen MR) is 105 cm³/mol. The molecule has 8 heteroatoms. The lowest BCUT2D eigenvalue weighted by atomic mass is 9.98. The molecule has 2 N–H and O–H groups in total. The van der Waals surface area contributed by atoms with Gasteiger partial charge in [0.2, 0.25) is 15.5 Å². The zero-order chi connectivity index (χ0) is 20.8. The molecule has 4 aromatic rings. The summed E-state index contributed by atoms with van der Waals surface area (Å²) in [6.07, 6.45) is 0. The Bertz CT molecular complexity index is 1410. The van der Waals surface area contributed by atoms with Gasteiger partial charge in [-0.1, -0.05) is 12.1 Å².